The van der Waals surface area contributed by atoms with Gasteiger partial charge in [0.15, 0.2) is 5.54 Å². The largest absolute Gasteiger partial charge is 0.497 e. The van der Waals surface area contributed by atoms with Crippen molar-refractivity contribution in [1.29, 1.82) is 0 Å². The minimum absolute atomic E-state index is 0.166. The summed E-state index contributed by atoms with van der Waals surface area (Å²) in [5.41, 5.74) is -0.298. The van der Waals surface area contributed by atoms with Gasteiger partial charge in [0.05, 0.1) is 26.1 Å². The summed E-state index contributed by atoms with van der Waals surface area (Å²) in [5, 5.41) is 0. The molecule has 1 amide bonds. The predicted octanol–water partition coefficient (Wildman–Crippen LogP) is 3.93. The first-order valence-corrected chi connectivity index (χ1v) is 11.5. The van der Waals surface area contributed by atoms with Crippen LogP contribution in [0.5, 0.6) is 5.75 Å². The number of hydrogen-bond acceptors (Lipinski definition) is 6. The van der Waals surface area contributed by atoms with Crippen molar-refractivity contribution in [3.05, 3.63) is 65.7 Å². The van der Waals surface area contributed by atoms with Crippen molar-refractivity contribution in [3.8, 4) is 5.75 Å². The van der Waals surface area contributed by atoms with E-state index in [0.717, 1.165) is 11.1 Å². The molecule has 7 heteroatoms. The summed E-state index contributed by atoms with van der Waals surface area (Å²) in [4.78, 5) is 41.1. The molecule has 2 aromatic rings. The first kappa shape index (κ1) is 25.3. The third kappa shape index (κ3) is 5.41. The maximum absolute atomic E-state index is 13.5. The number of carbonyl (C=O) groups is 3. The Morgan fingerprint density at radius 3 is 2.21 bits per heavy atom. The normalized spacial score (nSPS) is 19.9. The number of amides is 1. The fourth-order valence-electron chi connectivity index (χ4n) is 4.36. The lowest BCUT2D eigenvalue weighted by Gasteiger charge is -2.55. The Balaban J connectivity index is 1.99. The van der Waals surface area contributed by atoms with Crippen molar-refractivity contribution in [3.63, 3.8) is 0 Å². The van der Waals surface area contributed by atoms with Crippen LogP contribution in [-0.2, 0) is 36.8 Å². The van der Waals surface area contributed by atoms with Gasteiger partial charge in [-0.1, -0.05) is 42.5 Å². The quantitative estimate of drug-likeness (QED) is 0.411. The Morgan fingerprint density at radius 1 is 1.00 bits per heavy atom. The Hall–Kier alpha value is -3.35. The molecule has 1 heterocycles. The lowest BCUT2D eigenvalue weighted by atomic mass is 9.67. The third-order valence-electron chi connectivity index (χ3n) is 5.86. The number of methoxy groups -OCH3 is 1. The number of β-lactam (4-membered cyclic amide) rings is 1. The summed E-state index contributed by atoms with van der Waals surface area (Å²) >= 11 is 0. The van der Waals surface area contributed by atoms with Crippen molar-refractivity contribution in [1.82, 2.24) is 4.90 Å². The molecule has 2 atom stereocenters. The topological polar surface area (TPSA) is 82.1 Å². The van der Waals surface area contributed by atoms with Crippen LogP contribution in [0.25, 0.3) is 0 Å². The summed E-state index contributed by atoms with van der Waals surface area (Å²) < 4.78 is 16.2. The van der Waals surface area contributed by atoms with Gasteiger partial charge in [-0.05, 0) is 51.0 Å². The summed E-state index contributed by atoms with van der Waals surface area (Å²) in [5.74, 6) is -1.48. The highest BCUT2D eigenvalue weighted by Crippen LogP contribution is 2.45. The minimum Gasteiger partial charge on any atom is -0.497 e. The van der Waals surface area contributed by atoms with E-state index in [2.05, 4.69) is 0 Å². The van der Waals surface area contributed by atoms with Crippen LogP contribution in [0.3, 0.4) is 0 Å². The first-order chi connectivity index (χ1) is 16.1. The van der Waals surface area contributed by atoms with Gasteiger partial charge in [0.2, 0.25) is 5.91 Å². The number of carbonyl (C=O) groups excluding carboxylic acids is 3. The number of nitrogens with zero attached hydrogens (tertiary/aromatic N) is 1. The maximum Gasteiger partial charge on any atom is 0.333 e. The van der Waals surface area contributed by atoms with Crippen LogP contribution in [0, 0.1) is 5.92 Å². The average Bonchev–Trinajstić information content (AvgIpc) is 2.80. The summed E-state index contributed by atoms with van der Waals surface area (Å²) in [7, 11) is 1.58. The van der Waals surface area contributed by atoms with E-state index in [-0.39, 0.29) is 31.9 Å². The maximum atomic E-state index is 13.5. The van der Waals surface area contributed by atoms with Gasteiger partial charge in [0.1, 0.15) is 11.4 Å². The van der Waals surface area contributed by atoms with E-state index < -0.39 is 29.0 Å². The van der Waals surface area contributed by atoms with Crippen molar-refractivity contribution in [2.75, 3.05) is 13.7 Å². The third-order valence-corrected chi connectivity index (χ3v) is 5.86. The first-order valence-electron chi connectivity index (χ1n) is 11.5. The SMILES string of the molecule is CCOC(=O)[C@]1(Cc2ccccc2)C(CC(=O)OC(C)(C)C)C(=O)N1Cc1ccc(OC)cc1. The van der Waals surface area contributed by atoms with Crippen molar-refractivity contribution >= 4 is 17.8 Å². The summed E-state index contributed by atoms with van der Waals surface area (Å²) in [6.07, 6.45) is 0.0445. The number of esters is 2. The van der Waals surface area contributed by atoms with E-state index in [1.807, 2.05) is 42.5 Å². The van der Waals surface area contributed by atoms with E-state index in [4.69, 9.17) is 14.2 Å². The second-order valence-corrected chi connectivity index (χ2v) is 9.42. The highest BCUT2D eigenvalue weighted by molar-refractivity contribution is 6.03. The number of ether oxygens (including phenoxy) is 3. The van der Waals surface area contributed by atoms with Gasteiger partial charge in [0.25, 0.3) is 0 Å². The molecule has 7 nitrogen and oxygen atoms in total. The van der Waals surface area contributed by atoms with Gasteiger partial charge in [-0.15, -0.1) is 0 Å². The molecule has 0 aromatic heterocycles. The van der Waals surface area contributed by atoms with Crippen LogP contribution >= 0.6 is 0 Å². The molecular weight excluding hydrogens is 434 g/mol. The molecule has 0 bridgehead atoms. The van der Waals surface area contributed by atoms with Gasteiger partial charge >= 0.3 is 11.9 Å². The Labute approximate surface area is 201 Å². The molecule has 0 N–H and O–H groups in total. The minimum atomic E-state index is -1.31. The number of rotatable bonds is 9. The average molecular weight is 468 g/mol. The Morgan fingerprint density at radius 2 is 1.65 bits per heavy atom. The second kappa shape index (κ2) is 10.3. The molecule has 0 saturated carbocycles. The molecule has 1 unspecified atom stereocenters. The highest BCUT2D eigenvalue weighted by Gasteiger charge is 2.66. The zero-order chi connectivity index (χ0) is 24.9. The molecule has 182 valence electrons. The molecule has 0 spiro atoms. The van der Waals surface area contributed by atoms with Crippen LogP contribution in [-0.4, -0.2) is 47.6 Å². The van der Waals surface area contributed by atoms with Gasteiger partial charge in [0, 0.05) is 13.0 Å². The summed E-state index contributed by atoms with van der Waals surface area (Å²) in [6, 6.07) is 16.8. The van der Waals surface area contributed by atoms with Crippen molar-refractivity contribution in [2.45, 2.75) is 58.2 Å². The highest BCUT2D eigenvalue weighted by atomic mass is 16.6. The van der Waals surface area contributed by atoms with Gasteiger partial charge in [-0.25, -0.2) is 4.79 Å². The molecule has 2 aromatic carbocycles. The molecule has 1 aliphatic heterocycles. The van der Waals surface area contributed by atoms with E-state index in [0.29, 0.717) is 5.75 Å². The molecule has 1 aliphatic rings. The van der Waals surface area contributed by atoms with Gasteiger partial charge < -0.3 is 19.1 Å². The number of likely N-dealkylation sites (tertiary alicyclic amines) is 1. The molecule has 0 radical (unpaired) electrons. The van der Waals surface area contributed by atoms with Crippen LogP contribution in [0.2, 0.25) is 0 Å². The van der Waals surface area contributed by atoms with Crippen LogP contribution in [0.4, 0.5) is 0 Å². The lowest BCUT2D eigenvalue weighted by Crippen LogP contribution is -2.75. The smallest absolute Gasteiger partial charge is 0.333 e. The van der Waals surface area contributed by atoms with E-state index in [1.165, 1.54) is 4.90 Å². The fraction of sp³-hybridized carbons (Fsp3) is 0.444. The molecule has 3 rings (SSSR count). The molecule has 1 saturated heterocycles. The van der Waals surface area contributed by atoms with Crippen LogP contribution in [0.1, 0.15) is 45.2 Å². The monoisotopic (exact) mass is 467 g/mol. The zero-order valence-corrected chi connectivity index (χ0v) is 20.5. The van der Waals surface area contributed by atoms with Crippen LogP contribution in [0.15, 0.2) is 54.6 Å². The standard InChI is InChI=1S/C27H33NO6/c1-6-33-25(31)27(17-19-10-8-7-9-11-19)22(16-23(29)34-26(2,3)4)24(30)28(27)18-20-12-14-21(32-5)15-13-20/h7-15,22H,6,16-18H2,1-5H3/t22?,27-/m0/s1. The molecule has 0 aliphatic carbocycles. The number of hydrogen-bond donors (Lipinski definition) is 0. The van der Waals surface area contributed by atoms with Gasteiger partial charge in [-0.3, -0.25) is 9.59 Å². The van der Waals surface area contributed by atoms with E-state index in [1.54, 1.807) is 46.9 Å². The summed E-state index contributed by atoms with van der Waals surface area (Å²) in [6.45, 7) is 7.41. The second-order valence-electron chi connectivity index (χ2n) is 9.42. The molecular formula is C27H33NO6. The van der Waals surface area contributed by atoms with Gasteiger partial charge in [-0.2, -0.15) is 0 Å². The molecule has 34 heavy (non-hydrogen) atoms. The van der Waals surface area contributed by atoms with Crippen molar-refractivity contribution in [2.24, 2.45) is 5.92 Å². The zero-order valence-electron chi connectivity index (χ0n) is 20.5. The Kier molecular flexibility index (Phi) is 7.64. The van der Waals surface area contributed by atoms with E-state index in [9.17, 15) is 14.4 Å². The number of benzene rings is 2. The molecule has 1 fully saturated rings. The fourth-order valence-corrected chi connectivity index (χ4v) is 4.36. The van der Waals surface area contributed by atoms with E-state index >= 15 is 0 Å². The lowest BCUT2D eigenvalue weighted by molar-refractivity contribution is -0.196. The Bertz CT molecular complexity index is 1010. The van der Waals surface area contributed by atoms with Crippen LogP contribution < -0.4 is 4.74 Å². The predicted molar refractivity (Wildman–Crippen MR) is 127 cm³/mol. The van der Waals surface area contributed by atoms with Crippen molar-refractivity contribution < 1.29 is 28.6 Å².